The fourth-order valence-electron chi connectivity index (χ4n) is 1.56. The molecule has 2 aromatic rings. The molecule has 2 rings (SSSR count). The summed E-state index contributed by atoms with van der Waals surface area (Å²) in [6.45, 7) is 0. The molecule has 0 fully saturated rings. The first-order chi connectivity index (χ1) is 9.56. The zero-order valence-electron chi connectivity index (χ0n) is 10.6. The molecule has 0 bridgehead atoms. The molecule has 0 amide bonds. The van der Waals surface area contributed by atoms with E-state index in [9.17, 15) is 8.42 Å². The van der Waals surface area contributed by atoms with Crippen LogP contribution in [0.1, 0.15) is 5.56 Å². The van der Waals surface area contributed by atoms with E-state index >= 15 is 0 Å². The summed E-state index contributed by atoms with van der Waals surface area (Å²) in [5.74, 6) is 0.380. The van der Waals surface area contributed by atoms with Crippen LogP contribution in [-0.2, 0) is 10.0 Å². The lowest BCUT2D eigenvalue weighted by Gasteiger charge is -2.09. The molecule has 102 valence electrons. The number of hydrogen-bond acceptors (Lipinski definition) is 5. The maximum atomic E-state index is 12.2. The number of ether oxygens (including phenoxy) is 1. The summed E-state index contributed by atoms with van der Waals surface area (Å²) in [6.07, 6.45) is 1.34. The van der Waals surface area contributed by atoms with Crippen molar-refractivity contribution in [3.8, 4) is 11.9 Å². The molecular formula is C13H11N3O3S. The summed E-state index contributed by atoms with van der Waals surface area (Å²) in [5.41, 5.74) is 0.375. The molecule has 0 unspecified atom stereocenters. The van der Waals surface area contributed by atoms with Crippen molar-refractivity contribution >= 4 is 15.7 Å². The molecular weight excluding hydrogens is 278 g/mol. The molecule has 0 spiro atoms. The van der Waals surface area contributed by atoms with Gasteiger partial charge in [0.2, 0.25) is 5.88 Å². The summed E-state index contributed by atoms with van der Waals surface area (Å²) in [5, 5.41) is 8.95. The minimum atomic E-state index is -3.83. The van der Waals surface area contributed by atoms with E-state index in [1.165, 1.54) is 37.6 Å². The third-order valence-electron chi connectivity index (χ3n) is 2.49. The number of sulfonamides is 1. The molecule has 0 aliphatic carbocycles. The van der Waals surface area contributed by atoms with Crippen LogP contribution >= 0.6 is 0 Å². The van der Waals surface area contributed by atoms with Gasteiger partial charge in [0.1, 0.15) is 11.0 Å². The van der Waals surface area contributed by atoms with Crippen LogP contribution in [0.4, 0.5) is 5.69 Å². The Morgan fingerprint density at radius 2 is 2.00 bits per heavy atom. The summed E-state index contributed by atoms with van der Waals surface area (Å²) in [7, 11) is -2.36. The topological polar surface area (TPSA) is 92.1 Å². The van der Waals surface area contributed by atoms with E-state index in [-0.39, 0.29) is 10.5 Å². The van der Waals surface area contributed by atoms with Crippen molar-refractivity contribution in [1.29, 1.82) is 5.26 Å². The maximum absolute atomic E-state index is 12.2. The van der Waals surface area contributed by atoms with Crippen LogP contribution in [-0.4, -0.2) is 20.5 Å². The van der Waals surface area contributed by atoms with Crippen LogP contribution in [0.3, 0.4) is 0 Å². The van der Waals surface area contributed by atoms with Crippen molar-refractivity contribution in [3.63, 3.8) is 0 Å². The Bertz CT molecular complexity index is 749. The zero-order valence-corrected chi connectivity index (χ0v) is 11.4. The van der Waals surface area contributed by atoms with Gasteiger partial charge in [0.25, 0.3) is 10.0 Å². The van der Waals surface area contributed by atoms with Gasteiger partial charge in [-0.15, -0.1) is 0 Å². The molecule has 20 heavy (non-hydrogen) atoms. The Balaban J connectivity index is 2.33. The molecule has 6 nitrogen and oxygen atoms in total. The lowest BCUT2D eigenvalue weighted by atomic mass is 10.2. The SMILES string of the molecule is COc1ccc(NS(=O)(=O)c2ccccc2C#N)cn1. The fourth-order valence-corrected chi connectivity index (χ4v) is 2.77. The van der Waals surface area contributed by atoms with E-state index in [0.29, 0.717) is 11.6 Å². The quantitative estimate of drug-likeness (QED) is 0.926. The predicted octanol–water partition coefficient (Wildman–Crippen LogP) is 1.76. The molecule has 1 N–H and O–H groups in total. The molecule has 0 aliphatic heterocycles. The van der Waals surface area contributed by atoms with E-state index in [4.69, 9.17) is 10.00 Å². The highest BCUT2D eigenvalue weighted by Crippen LogP contribution is 2.19. The van der Waals surface area contributed by atoms with Crippen molar-refractivity contribution in [3.05, 3.63) is 48.2 Å². The third kappa shape index (κ3) is 2.87. The number of nitrogens with zero attached hydrogens (tertiary/aromatic N) is 2. The number of benzene rings is 1. The number of nitriles is 1. The summed E-state index contributed by atoms with van der Waals surface area (Å²) in [4.78, 5) is 3.83. The summed E-state index contributed by atoms with van der Waals surface area (Å²) < 4.78 is 31.7. The van der Waals surface area contributed by atoms with Crippen LogP contribution in [0.25, 0.3) is 0 Å². The average Bonchev–Trinajstić information content (AvgIpc) is 2.47. The van der Waals surface area contributed by atoms with Gasteiger partial charge in [-0.25, -0.2) is 13.4 Å². The maximum Gasteiger partial charge on any atom is 0.263 e. The number of pyridine rings is 1. The Morgan fingerprint density at radius 1 is 1.25 bits per heavy atom. The van der Waals surface area contributed by atoms with Crippen molar-refractivity contribution in [1.82, 2.24) is 4.98 Å². The van der Waals surface area contributed by atoms with Gasteiger partial charge >= 0.3 is 0 Å². The predicted molar refractivity (Wildman–Crippen MR) is 72.8 cm³/mol. The van der Waals surface area contributed by atoms with Gasteiger partial charge < -0.3 is 4.74 Å². The smallest absolute Gasteiger partial charge is 0.263 e. The number of methoxy groups -OCH3 is 1. The van der Waals surface area contributed by atoms with Gasteiger partial charge in [-0.05, 0) is 18.2 Å². The van der Waals surface area contributed by atoms with Crippen LogP contribution in [0, 0.1) is 11.3 Å². The molecule has 0 saturated carbocycles. The number of aromatic nitrogens is 1. The minimum Gasteiger partial charge on any atom is -0.481 e. The Labute approximate surface area is 116 Å². The third-order valence-corrected chi connectivity index (χ3v) is 3.93. The van der Waals surface area contributed by atoms with Gasteiger partial charge in [-0.1, -0.05) is 12.1 Å². The van der Waals surface area contributed by atoms with Crippen LogP contribution < -0.4 is 9.46 Å². The van der Waals surface area contributed by atoms with Crippen molar-refractivity contribution in [2.75, 3.05) is 11.8 Å². The molecule has 7 heteroatoms. The standard InChI is InChI=1S/C13H11N3O3S/c1-19-13-7-6-11(9-15-13)16-20(17,18)12-5-3-2-4-10(12)8-14/h2-7,9,16H,1H3. The number of hydrogen-bond donors (Lipinski definition) is 1. The lowest BCUT2D eigenvalue weighted by molar-refractivity contribution is 0.398. The highest BCUT2D eigenvalue weighted by molar-refractivity contribution is 7.92. The monoisotopic (exact) mass is 289 g/mol. The van der Waals surface area contributed by atoms with Crippen LogP contribution in [0.2, 0.25) is 0 Å². The summed E-state index contributed by atoms with van der Waals surface area (Å²) in [6, 6.07) is 10.9. The first-order valence-corrected chi connectivity index (χ1v) is 7.07. The molecule has 1 aromatic carbocycles. The summed E-state index contributed by atoms with van der Waals surface area (Å²) >= 11 is 0. The van der Waals surface area contributed by atoms with Gasteiger partial charge in [-0.2, -0.15) is 5.26 Å². The number of rotatable bonds is 4. The second-order valence-electron chi connectivity index (χ2n) is 3.80. The van der Waals surface area contributed by atoms with Crippen LogP contribution in [0.15, 0.2) is 47.5 Å². The lowest BCUT2D eigenvalue weighted by Crippen LogP contribution is -2.14. The van der Waals surface area contributed by atoms with E-state index < -0.39 is 10.0 Å². The second-order valence-corrected chi connectivity index (χ2v) is 5.45. The highest BCUT2D eigenvalue weighted by atomic mass is 32.2. The van der Waals surface area contributed by atoms with E-state index in [1.807, 2.05) is 6.07 Å². The molecule has 1 heterocycles. The van der Waals surface area contributed by atoms with Crippen molar-refractivity contribution in [2.45, 2.75) is 4.90 Å². The zero-order chi connectivity index (χ0) is 14.6. The Kier molecular flexibility index (Phi) is 3.86. The molecule has 1 aromatic heterocycles. The van der Waals surface area contributed by atoms with Crippen molar-refractivity contribution < 1.29 is 13.2 Å². The average molecular weight is 289 g/mol. The largest absolute Gasteiger partial charge is 0.481 e. The van der Waals surface area contributed by atoms with E-state index in [2.05, 4.69) is 9.71 Å². The second kappa shape index (κ2) is 5.59. The van der Waals surface area contributed by atoms with Gasteiger partial charge in [0, 0.05) is 6.07 Å². The Morgan fingerprint density at radius 3 is 2.60 bits per heavy atom. The first-order valence-electron chi connectivity index (χ1n) is 5.59. The molecule has 0 radical (unpaired) electrons. The minimum absolute atomic E-state index is 0.0710. The van der Waals surface area contributed by atoms with Crippen LogP contribution in [0.5, 0.6) is 5.88 Å². The normalized spacial score (nSPS) is 10.6. The van der Waals surface area contributed by atoms with Gasteiger partial charge in [-0.3, -0.25) is 4.72 Å². The molecule has 0 aliphatic rings. The fraction of sp³-hybridized carbons (Fsp3) is 0.0769. The van der Waals surface area contributed by atoms with Gasteiger partial charge in [0.05, 0.1) is 24.6 Å². The van der Waals surface area contributed by atoms with E-state index in [0.717, 1.165) is 0 Å². The van der Waals surface area contributed by atoms with E-state index in [1.54, 1.807) is 12.1 Å². The first kappa shape index (κ1) is 13.8. The van der Waals surface area contributed by atoms with Crippen molar-refractivity contribution in [2.24, 2.45) is 0 Å². The van der Waals surface area contributed by atoms with Gasteiger partial charge in [0.15, 0.2) is 0 Å². The Hall–Kier alpha value is -2.59. The molecule has 0 atom stereocenters. The highest BCUT2D eigenvalue weighted by Gasteiger charge is 2.18. The number of nitrogens with one attached hydrogen (secondary N) is 1. The number of anilines is 1. The molecule has 0 saturated heterocycles.